The van der Waals surface area contributed by atoms with E-state index in [0.717, 1.165) is 21.9 Å². The van der Waals surface area contributed by atoms with E-state index in [2.05, 4.69) is 5.32 Å². The van der Waals surface area contributed by atoms with E-state index >= 15 is 0 Å². The molecule has 10 heteroatoms. The fraction of sp³-hybridized carbons (Fsp3) is 0.333. The highest BCUT2D eigenvalue weighted by Gasteiger charge is 2.34. The van der Waals surface area contributed by atoms with Crippen LogP contribution in [0.25, 0.3) is 0 Å². The number of carbonyl (C=O) groups excluding carboxylic acids is 2. The number of hydrogen-bond donors (Lipinski definition) is 1. The van der Waals surface area contributed by atoms with Crippen molar-refractivity contribution in [3.8, 4) is 0 Å². The summed E-state index contributed by atoms with van der Waals surface area (Å²) in [6.45, 7) is 5.76. The minimum atomic E-state index is -4.23. The van der Waals surface area contributed by atoms with Crippen LogP contribution >= 0.6 is 23.2 Å². The number of halogens is 2. The lowest BCUT2D eigenvalue weighted by molar-refractivity contribution is -0.139. The van der Waals surface area contributed by atoms with Gasteiger partial charge in [-0.1, -0.05) is 85.1 Å². The van der Waals surface area contributed by atoms with Crippen LogP contribution in [-0.4, -0.2) is 50.8 Å². The van der Waals surface area contributed by atoms with Gasteiger partial charge in [0.25, 0.3) is 10.0 Å². The quantitative estimate of drug-likeness (QED) is 0.264. The molecule has 0 radical (unpaired) electrons. The Morgan fingerprint density at radius 2 is 1.62 bits per heavy atom. The van der Waals surface area contributed by atoms with Crippen molar-refractivity contribution in [3.63, 3.8) is 0 Å². The van der Waals surface area contributed by atoms with Crippen LogP contribution < -0.4 is 9.62 Å². The molecular formula is C30H35Cl2N3O4S. The zero-order valence-corrected chi connectivity index (χ0v) is 25.3. The SMILES string of the molecule is CCCNC(=O)[C@@H](CC)N(CCc1ccccc1)C(=O)CN(c1cc(Cl)ccc1Cl)S(=O)(=O)c1ccc(C)cc1. The lowest BCUT2D eigenvalue weighted by atomic mass is 10.1. The van der Waals surface area contributed by atoms with Crippen LogP contribution in [0, 0.1) is 6.92 Å². The fourth-order valence-corrected chi connectivity index (χ4v) is 6.15. The summed E-state index contributed by atoms with van der Waals surface area (Å²) in [7, 11) is -4.23. The number of anilines is 1. The summed E-state index contributed by atoms with van der Waals surface area (Å²) >= 11 is 12.7. The van der Waals surface area contributed by atoms with E-state index in [4.69, 9.17) is 23.2 Å². The number of rotatable bonds is 13. The molecule has 2 amide bonds. The molecule has 0 aliphatic rings. The van der Waals surface area contributed by atoms with Crippen LogP contribution in [0.3, 0.4) is 0 Å². The monoisotopic (exact) mass is 603 g/mol. The second-order valence-electron chi connectivity index (χ2n) is 9.46. The molecule has 0 heterocycles. The van der Waals surface area contributed by atoms with Gasteiger partial charge < -0.3 is 10.2 Å². The fourth-order valence-electron chi connectivity index (χ4n) is 4.29. The molecular weight excluding hydrogens is 569 g/mol. The first kappa shape index (κ1) is 31.5. The van der Waals surface area contributed by atoms with Gasteiger partial charge in [-0.3, -0.25) is 13.9 Å². The summed E-state index contributed by atoms with van der Waals surface area (Å²) in [6, 6.07) is 19.6. The van der Waals surface area contributed by atoms with Gasteiger partial charge in [-0.25, -0.2) is 8.42 Å². The summed E-state index contributed by atoms with van der Waals surface area (Å²) < 4.78 is 28.8. The number of nitrogens with one attached hydrogen (secondary N) is 1. The molecule has 0 saturated carbocycles. The molecule has 3 aromatic rings. The van der Waals surface area contributed by atoms with Gasteiger partial charge in [-0.2, -0.15) is 0 Å². The van der Waals surface area contributed by atoms with E-state index < -0.39 is 28.5 Å². The summed E-state index contributed by atoms with van der Waals surface area (Å²) in [4.78, 5) is 28.6. The maximum absolute atomic E-state index is 14.0. The normalized spacial score (nSPS) is 12.0. The Balaban J connectivity index is 2.04. The minimum Gasteiger partial charge on any atom is -0.354 e. The van der Waals surface area contributed by atoms with Crippen LogP contribution in [0.1, 0.15) is 37.8 Å². The van der Waals surface area contributed by atoms with Gasteiger partial charge in [0.05, 0.1) is 15.6 Å². The van der Waals surface area contributed by atoms with Crippen LogP contribution in [0.15, 0.2) is 77.7 Å². The number of nitrogens with zero attached hydrogens (tertiary/aromatic N) is 2. The Morgan fingerprint density at radius 1 is 0.950 bits per heavy atom. The first-order chi connectivity index (χ1) is 19.1. The molecule has 0 aromatic heterocycles. The zero-order valence-electron chi connectivity index (χ0n) is 22.9. The molecule has 214 valence electrons. The highest BCUT2D eigenvalue weighted by Crippen LogP contribution is 2.33. The van der Waals surface area contributed by atoms with E-state index in [-0.39, 0.29) is 33.1 Å². The van der Waals surface area contributed by atoms with Crippen molar-refractivity contribution in [3.05, 3.63) is 94.0 Å². The van der Waals surface area contributed by atoms with Crippen molar-refractivity contribution < 1.29 is 18.0 Å². The maximum atomic E-state index is 14.0. The average Bonchev–Trinajstić information content (AvgIpc) is 2.94. The topological polar surface area (TPSA) is 86.8 Å². The summed E-state index contributed by atoms with van der Waals surface area (Å²) in [5.41, 5.74) is 1.96. The lowest BCUT2D eigenvalue weighted by Crippen LogP contribution is -2.53. The molecule has 0 aliphatic carbocycles. The Morgan fingerprint density at radius 3 is 2.25 bits per heavy atom. The zero-order chi connectivity index (χ0) is 29.3. The van der Waals surface area contributed by atoms with Gasteiger partial charge in [0.1, 0.15) is 12.6 Å². The molecule has 0 spiro atoms. The molecule has 0 aliphatic heterocycles. The predicted molar refractivity (Wildman–Crippen MR) is 161 cm³/mol. The van der Waals surface area contributed by atoms with Crippen molar-refractivity contribution in [1.29, 1.82) is 0 Å². The molecule has 3 rings (SSSR count). The van der Waals surface area contributed by atoms with E-state index in [9.17, 15) is 18.0 Å². The molecule has 7 nitrogen and oxygen atoms in total. The minimum absolute atomic E-state index is 0.00510. The molecule has 1 atom stereocenters. The molecule has 0 fully saturated rings. The van der Waals surface area contributed by atoms with E-state index in [0.29, 0.717) is 19.4 Å². The second-order valence-corrected chi connectivity index (χ2v) is 12.2. The van der Waals surface area contributed by atoms with Crippen molar-refractivity contribution in [2.45, 2.75) is 51.0 Å². The van der Waals surface area contributed by atoms with Crippen molar-refractivity contribution in [2.24, 2.45) is 0 Å². The predicted octanol–water partition coefficient (Wildman–Crippen LogP) is 5.87. The maximum Gasteiger partial charge on any atom is 0.264 e. The number of carbonyl (C=O) groups is 2. The number of hydrogen-bond acceptors (Lipinski definition) is 4. The van der Waals surface area contributed by atoms with Gasteiger partial charge in [0.15, 0.2) is 0 Å². The highest BCUT2D eigenvalue weighted by molar-refractivity contribution is 7.92. The largest absolute Gasteiger partial charge is 0.354 e. The van der Waals surface area contributed by atoms with Gasteiger partial charge >= 0.3 is 0 Å². The Kier molecular flexibility index (Phi) is 11.4. The van der Waals surface area contributed by atoms with Crippen LogP contribution in [0.5, 0.6) is 0 Å². The molecule has 3 aromatic carbocycles. The molecule has 1 N–H and O–H groups in total. The molecule has 0 saturated heterocycles. The smallest absolute Gasteiger partial charge is 0.264 e. The van der Waals surface area contributed by atoms with E-state index in [1.54, 1.807) is 18.2 Å². The van der Waals surface area contributed by atoms with Crippen LogP contribution in [0.2, 0.25) is 10.0 Å². The third kappa shape index (κ3) is 7.99. The first-order valence-electron chi connectivity index (χ1n) is 13.2. The highest BCUT2D eigenvalue weighted by atomic mass is 35.5. The molecule has 0 bridgehead atoms. The third-order valence-electron chi connectivity index (χ3n) is 6.48. The number of aryl methyl sites for hydroxylation is 1. The van der Waals surface area contributed by atoms with Gasteiger partial charge in [-0.05, 0) is 62.1 Å². The van der Waals surface area contributed by atoms with Crippen molar-refractivity contribution in [2.75, 3.05) is 23.9 Å². The molecule has 0 unspecified atom stereocenters. The second kappa shape index (κ2) is 14.5. The molecule has 40 heavy (non-hydrogen) atoms. The number of benzene rings is 3. The average molecular weight is 605 g/mol. The first-order valence-corrected chi connectivity index (χ1v) is 15.4. The van der Waals surface area contributed by atoms with Crippen molar-refractivity contribution >= 4 is 50.7 Å². The summed E-state index contributed by atoms with van der Waals surface area (Å²) in [5, 5.41) is 3.26. The van der Waals surface area contributed by atoms with Crippen LogP contribution in [0.4, 0.5) is 5.69 Å². The third-order valence-corrected chi connectivity index (χ3v) is 8.81. The van der Waals surface area contributed by atoms with Gasteiger partial charge in [0.2, 0.25) is 11.8 Å². The number of amides is 2. The van der Waals surface area contributed by atoms with E-state index in [1.807, 2.05) is 51.1 Å². The standard InChI is InChI=1S/C30H35Cl2N3O4S/c1-4-18-33-30(37)27(5-2)34(19-17-23-9-7-6-8-10-23)29(36)21-35(28-20-24(31)13-16-26(28)32)40(38,39)25-14-11-22(3)12-15-25/h6-16,20,27H,4-5,17-19,21H2,1-3H3,(H,33,37)/t27-/m1/s1. The number of sulfonamides is 1. The van der Waals surface area contributed by atoms with Gasteiger partial charge in [0, 0.05) is 18.1 Å². The lowest BCUT2D eigenvalue weighted by Gasteiger charge is -2.33. The Hall–Kier alpha value is -3.07. The Bertz CT molecular complexity index is 1400. The summed E-state index contributed by atoms with van der Waals surface area (Å²) in [6.07, 6.45) is 1.60. The Labute approximate surface area is 247 Å². The van der Waals surface area contributed by atoms with Crippen molar-refractivity contribution in [1.82, 2.24) is 10.2 Å². The van der Waals surface area contributed by atoms with E-state index in [1.165, 1.54) is 29.2 Å². The van der Waals surface area contributed by atoms with Gasteiger partial charge in [-0.15, -0.1) is 0 Å². The van der Waals surface area contributed by atoms with Crippen LogP contribution in [-0.2, 0) is 26.0 Å². The summed E-state index contributed by atoms with van der Waals surface area (Å²) in [5.74, 6) is -0.805.